The van der Waals surface area contributed by atoms with Crippen molar-refractivity contribution in [2.75, 3.05) is 7.11 Å². The number of hydrogen-bond donors (Lipinski definition) is 0. The Balaban J connectivity index is 1.52. The largest absolute Gasteiger partial charge is 0.495 e. The normalized spacial score (nSPS) is 14.6. The van der Waals surface area contributed by atoms with Crippen LogP contribution in [-0.4, -0.2) is 26.6 Å². The Morgan fingerprint density at radius 3 is 2.74 bits per heavy atom. The first-order valence-electron chi connectivity index (χ1n) is 9.70. The molecule has 0 spiro atoms. The summed E-state index contributed by atoms with van der Waals surface area (Å²) in [6, 6.07) is 8.31. The first-order valence-corrected chi connectivity index (χ1v) is 9.70. The predicted molar refractivity (Wildman–Crippen MR) is 105 cm³/mol. The quantitative estimate of drug-likeness (QED) is 0.656. The molecule has 1 aromatic carbocycles. The molecule has 1 aliphatic rings. The number of ether oxygens (including phenoxy) is 1. The van der Waals surface area contributed by atoms with E-state index in [1.54, 1.807) is 7.11 Å². The van der Waals surface area contributed by atoms with E-state index in [9.17, 15) is 0 Å². The summed E-state index contributed by atoms with van der Waals surface area (Å²) >= 11 is 0. The van der Waals surface area contributed by atoms with Crippen LogP contribution in [0.1, 0.15) is 48.5 Å². The average molecular weight is 362 g/mol. The van der Waals surface area contributed by atoms with Crippen LogP contribution in [0.15, 0.2) is 43.0 Å². The lowest BCUT2D eigenvalue weighted by atomic mass is 10.0. The lowest BCUT2D eigenvalue weighted by molar-refractivity contribution is 0.412. The Morgan fingerprint density at radius 1 is 1.15 bits per heavy atom. The minimum atomic E-state index is 0.706. The first-order chi connectivity index (χ1) is 13.2. The average Bonchev–Trinajstić information content (AvgIpc) is 3.34. The zero-order chi connectivity index (χ0) is 18.6. The van der Waals surface area contributed by atoms with Crippen molar-refractivity contribution < 1.29 is 4.74 Å². The number of benzene rings is 1. The van der Waals surface area contributed by atoms with Crippen LogP contribution in [0.25, 0.3) is 5.69 Å². The molecular weight excluding hydrogens is 336 g/mol. The standard InChI is InChI=1S/C22H26N4O/c1-16-14-26(15-24-16)20-8-7-18(12-21(20)27-2)13-22-23-10-9-19(25-22)11-17-5-3-4-6-17/h7-10,12,14-15,17H,3-6,11,13H2,1-2H3. The summed E-state index contributed by atoms with van der Waals surface area (Å²) in [4.78, 5) is 13.6. The van der Waals surface area contributed by atoms with Gasteiger partial charge in [0, 0.05) is 24.5 Å². The Kier molecular flexibility index (Phi) is 5.19. The van der Waals surface area contributed by atoms with Gasteiger partial charge >= 0.3 is 0 Å². The molecule has 1 aliphatic carbocycles. The number of nitrogens with zero attached hydrogens (tertiary/aromatic N) is 4. The van der Waals surface area contributed by atoms with Crippen LogP contribution in [0.3, 0.4) is 0 Å². The van der Waals surface area contributed by atoms with Crippen molar-refractivity contribution in [3.8, 4) is 11.4 Å². The van der Waals surface area contributed by atoms with Crippen LogP contribution >= 0.6 is 0 Å². The van der Waals surface area contributed by atoms with Gasteiger partial charge in [-0.05, 0) is 43.0 Å². The monoisotopic (exact) mass is 362 g/mol. The number of imidazole rings is 1. The van der Waals surface area contributed by atoms with Crippen molar-refractivity contribution >= 4 is 0 Å². The van der Waals surface area contributed by atoms with Crippen molar-refractivity contribution in [2.24, 2.45) is 5.92 Å². The summed E-state index contributed by atoms with van der Waals surface area (Å²) in [6.45, 7) is 1.98. The maximum atomic E-state index is 5.61. The van der Waals surface area contributed by atoms with Gasteiger partial charge in [-0.2, -0.15) is 0 Å². The maximum absolute atomic E-state index is 5.61. The molecule has 0 atom stereocenters. The van der Waals surface area contributed by atoms with E-state index in [0.717, 1.165) is 40.9 Å². The summed E-state index contributed by atoms with van der Waals surface area (Å²) in [6.07, 6.45) is 12.9. The van der Waals surface area contributed by atoms with Crippen molar-refractivity contribution in [3.05, 3.63) is 65.8 Å². The van der Waals surface area contributed by atoms with Gasteiger partial charge in [0.15, 0.2) is 0 Å². The van der Waals surface area contributed by atoms with Crippen molar-refractivity contribution in [1.82, 2.24) is 19.5 Å². The first kappa shape index (κ1) is 17.7. The third-order valence-electron chi connectivity index (χ3n) is 5.33. The van der Waals surface area contributed by atoms with Gasteiger partial charge in [0.1, 0.15) is 11.6 Å². The van der Waals surface area contributed by atoms with Gasteiger partial charge in [0.05, 0.1) is 24.8 Å². The molecule has 0 unspecified atom stereocenters. The van der Waals surface area contributed by atoms with E-state index in [1.165, 1.54) is 31.4 Å². The zero-order valence-corrected chi connectivity index (χ0v) is 16.1. The Labute approximate surface area is 160 Å². The summed E-state index contributed by atoms with van der Waals surface area (Å²) in [5, 5.41) is 0. The van der Waals surface area contributed by atoms with Crippen LogP contribution in [0.2, 0.25) is 0 Å². The molecule has 27 heavy (non-hydrogen) atoms. The van der Waals surface area contributed by atoms with Gasteiger partial charge in [0.25, 0.3) is 0 Å². The molecule has 4 rings (SSSR count). The zero-order valence-electron chi connectivity index (χ0n) is 16.1. The highest BCUT2D eigenvalue weighted by atomic mass is 16.5. The molecule has 5 heteroatoms. The molecule has 1 fully saturated rings. The molecule has 0 amide bonds. The van der Waals surface area contributed by atoms with E-state index in [4.69, 9.17) is 9.72 Å². The molecule has 0 saturated heterocycles. The summed E-state index contributed by atoms with van der Waals surface area (Å²) in [7, 11) is 1.70. The molecule has 2 aromatic heterocycles. The molecule has 0 N–H and O–H groups in total. The molecule has 1 saturated carbocycles. The molecule has 2 heterocycles. The number of aromatic nitrogens is 4. The lowest BCUT2D eigenvalue weighted by Gasteiger charge is -2.12. The predicted octanol–water partition coefficient (Wildman–Crippen LogP) is 4.30. The molecular formula is C22H26N4O. The molecule has 140 valence electrons. The SMILES string of the molecule is COc1cc(Cc2nccc(CC3CCCC3)n2)ccc1-n1cnc(C)c1. The number of hydrogen-bond acceptors (Lipinski definition) is 4. The second-order valence-corrected chi connectivity index (χ2v) is 7.42. The van der Waals surface area contributed by atoms with Crippen LogP contribution in [-0.2, 0) is 12.8 Å². The van der Waals surface area contributed by atoms with E-state index in [2.05, 4.69) is 34.2 Å². The van der Waals surface area contributed by atoms with E-state index in [1.807, 2.05) is 30.2 Å². The molecule has 3 aromatic rings. The summed E-state index contributed by atoms with van der Waals surface area (Å²) in [5.74, 6) is 2.50. The highest BCUT2D eigenvalue weighted by molar-refractivity contribution is 5.49. The number of rotatable bonds is 6. The number of methoxy groups -OCH3 is 1. The summed E-state index contributed by atoms with van der Waals surface area (Å²) < 4.78 is 7.59. The Bertz CT molecular complexity index is 912. The fourth-order valence-corrected chi connectivity index (χ4v) is 3.93. The van der Waals surface area contributed by atoms with Crippen molar-refractivity contribution in [3.63, 3.8) is 0 Å². The highest BCUT2D eigenvalue weighted by Crippen LogP contribution is 2.28. The van der Waals surface area contributed by atoms with Gasteiger partial charge in [0.2, 0.25) is 0 Å². The minimum Gasteiger partial charge on any atom is -0.495 e. The van der Waals surface area contributed by atoms with Crippen LogP contribution in [0.4, 0.5) is 0 Å². The fraction of sp³-hybridized carbons (Fsp3) is 0.409. The molecule has 0 radical (unpaired) electrons. The highest BCUT2D eigenvalue weighted by Gasteiger charge is 2.16. The molecule has 0 bridgehead atoms. The van der Waals surface area contributed by atoms with Gasteiger partial charge < -0.3 is 9.30 Å². The van der Waals surface area contributed by atoms with Gasteiger partial charge in [-0.1, -0.05) is 31.7 Å². The van der Waals surface area contributed by atoms with Gasteiger partial charge in [-0.3, -0.25) is 0 Å². The van der Waals surface area contributed by atoms with E-state index in [-0.39, 0.29) is 0 Å². The van der Waals surface area contributed by atoms with Crippen molar-refractivity contribution in [2.45, 2.75) is 45.4 Å². The number of aryl methyl sites for hydroxylation is 1. The van der Waals surface area contributed by atoms with Crippen LogP contribution in [0.5, 0.6) is 5.75 Å². The van der Waals surface area contributed by atoms with Crippen molar-refractivity contribution in [1.29, 1.82) is 0 Å². The second kappa shape index (κ2) is 7.91. The maximum Gasteiger partial charge on any atom is 0.143 e. The van der Waals surface area contributed by atoms with Gasteiger partial charge in [-0.25, -0.2) is 15.0 Å². The second-order valence-electron chi connectivity index (χ2n) is 7.42. The van der Waals surface area contributed by atoms with Crippen LogP contribution < -0.4 is 4.74 Å². The fourth-order valence-electron chi connectivity index (χ4n) is 3.93. The minimum absolute atomic E-state index is 0.706. The third-order valence-corrected chi connectivity index (χ3v) is 5.33. The lowest BCUT2D eigenvalue weighted by Crippen LogP contribution is -2.05. The molecule has 5 nitrogen and oxygen atoms in total. The van der Waals surface area contributed by atoms with E-state index >= 15 is 0 Å². The van der Waals surface area contributed by atoms with Gasteiger partial charge in [-0.15, -0.1) is 0 Å². The third kappa shape index (κ3) is 4.18. The Hall–Kier alpha value is -2.69. The van der Waals surface area contributed by atoms with E-state index < -0.39 is 0 Å². The topological polar surface area (TPSA) is 52.8 Å². The smallest absolute Gasteiger partial charge is 0.143 e. The van der Waals surface area contributed by atoms with Crippen LogP contribution in [0, 0.1) is 12.8 Å². The van der Waals surface area contributed by atoms with E-state index in [0.29, 0.717) is 6.42 Å². The Morgan fingerprint density at radius 2 is 2.00 bits per heavy atom. The summed E-state index contributed by atoms with van der Waals surface area (Å²) in [5.41, 5.74) is 4.28. The molecule has 0 aliphatic heterocycles.